The van der Waals surface area contributed by atoms with Gasteiger partial charge in [-0.2, -0.15) is 0 Å². The number of hydrogen-bond acceptors (Lipinski definition) is 2. The summed E-state index contributed by atoms with van der Waals surface area (Å²) in [6.45, 7) is 6.60. The molecule has 0 saturated heterocycles. The molecule has 0 amide bonds. The number of methoxy groups -OCH3 is 2. The molecule has 0 aliphatic rings. The Morgan fingerprint density at radius 1 is 0.889 bits per heavy atom. The molecule has 0 radical (unpaired) electrons. The molecule has 1 aromatic rings. The minimum absolute atomic E-state index is 0.0601. The van der Waals surface area contributed by atoms with E-state index in [1.54, 1.807) is 14.2 Å². The van der Waals surface area contributed by atoms with E-state index in [4.69, 9.17) is 9.47 Å². The summed E-state index contributed by atoms with van der Waals surface area (Å²) in [6.07, 6.45) is 0. The van der Waals surface area contributed by atoms with Crippen molar-refractivity contribution in [1.29, 1.82) is 0 Å². The van der Waals surface area contributed by atoms with Crippen molar-refractivity contribution < 1.29 is 9.47 Å². The topological polar surface area (TPSA) is 18.5 Å². The molecule has 18 heavy (non-hydrogen) atoms. The van der Waals surface area contributed by atoms with Crippen LogP contribution in [-0.2, 0) is 5.41 Å². The van der Waals surface area contributed by atoms with Gasteiger partial charge in [-0.25, -0.2) is 0 Å². The van der Waals surface area contributed by atoms with Crippen molar-refractivity contribution in [2.75, 3.05) is 14.2 Å². The summed E-state index contributed by atoms with van der Waals surface area (Å²) in [5.41, 5.74) is 1.27. The molecule has 0 aliphatic heterocycles. The van der Waals surface area contributed by atoms with Crippen molar-refractivity contribution >= 4 is 22.0 Å². The van der Waals surface area contributed by atoms with Crippen LogP contribution in [0.2, 0.25) is 14.8 Å². The number of benzene rings is 1. The summed E-state index contributed by atoms with van der Waals surface area (Å²) in [5.74, 6) is 2.02. The SMILES string of the molecule is COc1c[c]([Sn]([CH3])([CH3])[CH3])c(OC)cc1C(C)(C)C. The van der Waals surface area contributed by atoms with Crippen LogP contribution in [0.15, 0.2) is 12.1 Å². The van der Waals surface area contributed by atoms with Gasteiger partial charge in [-0.15, -0.1) is 0 Å². The van der Waals surface area contributed by atoms with Crippen LogP contribution in [0.4, 0.5) is 0 Å². The van der Waals surface area contributed by atoms with Crippen LogP contribution in [0.3, 0.4) is 0 Å². The Hall–Kier alpha value is -0.381. The van der Waals surface area contributed by atoms with Gasteiger partial charge < -0.3 is 0 Å². The van der Waals surface area contributed by atoms with E-state index in [1.807, 2.05) is 0 Å². The first-order chi connectivity index (χ1) is 8.11. The Bertz CT molecular complexity index is 384. The van der Waals surface area contributed by atoms with Gasteiger partial charge >= 0.3 is 116 Å². The van der Waals surface area contributed by atoms with Gasteiger partial charge in [0.25, 0.3) is 0 Å². The summed E-state index contributed by atoms with van der Waals surface area (Å²) in [5, 5.41) is 0. The van der Waals surface area contributed by atoms with Crippen molar-refractivity contribution in [2.24, 2.45) is 0 Å². The van der Waals surface area contributed by atoms with Crippen molar-refractivity contribution in [1.82, 2.24) is 0 Å². The van der Waals surface area contributed by atoms with E-state index in [2.05, 4.69) is 47.7 Å². The molecule has 0 N–H and O–H groups in total. The van der Waals surface area contributed by atoms with Crippen LogP contribution in [0.5, 0.6) is 11.5 Å². The first-order valence-corrected chi connectivity index (χ1v) is 16.4. The van der Waals surface area contributed by atoms with Gasteiger partial charge in [0.05, 0.1) is 0 Å². The van der Waals surface area contributed by atoms with E-state index in [0.29, 0.717) is 0 Å². The summed E-state index contributed by atoms with van der Waals surface area (Å²) in [6, 6.07) is 4.37. The molecule has 0 bridgehead atoms. The number of ether oxygens (including phenoxy) is 2. The van der Waals surface area contributed by atoms with E-state index < -0.39 is 18.4 Å². The standard InChI is InChI=1S/C12H17O2.3CH3.Sn/c1-12(2,3)10-8-9(13-4)6-7-11(10)14-5;;;;/h7-8H,1-5H3;3*1H3;. The van der Waals surface area contributed by atoms with E-state index in [-0.39, 0.29) is 5.41 Å². The summed E-state index contributed by atoms with van der Waals surface area (Å²) >= 11 is -2.19. The fourth-order valence-electron chi connectivity index (χ4n) is 2.07. The van der Waals surface area contributed by atoms with Gasteiger partial charge in [0.2, 0.25) is 0 Å². The molecular formula is C15H26O2Sn. The molecule has 2 nitrogen and oxygen atoms in total. The van der Waals surface area contributed by atoms with Gasteiger partial charge in [-0.1, -0.05) is 0 Å². The molecule has 0 heterocycles. The Balaban J connectivity index is 3.52. The van der Waals surface area contributed by atoms with Crippen LogP contribution in [0, 0.1) is 0 Å². The molecule has 0 aliphatic carbocycles. The molecule has 0 saturated carbocycles. The fraction of sp³-hybridized carbons (Fsp3) is 0.600. The zero-order valence-corrected chi connectivity index (χ0v) is 15.8. The molecule has 0 fully saturated rings. The van der Waals surface area contributed by atoms with E-state index >= 15 is 0 Å². The van der Waals surface area contributed by atoms with Crippen LogP contribution in [0.25, 0.3) is 0 Å². The summed E-state index contributed by atoms with van der Waals surface area (Å²) in [4.78, 5) is 7.17. The molecule has 3 heteroatoms. The first kappa shape index (κ1) is 15.7. The third-order valence-electron chi connectivity index (χ3n) is 3.14. The maximum atomic E-state index is 5.60. The van der Waals surface area contributed by atoms with Gasteiger partial charge in [0.1, 0.15) is 0 Å². The molecule has 0 unspecified atom stereocenters. The van der Waals surface area contributed by atoms with Gasteiger partial charge in [-0.3, -0.25) is 0 Å². The normalized spacial score (nSPS) is 12.4. The van der Waals surface area contributed by atoms with Crippen LogP contribution < -0.4 is 13.1 Å². The second-order valence-electron chi connectivity index (χ2n) is 6.75. The quantitative estimate of drug-likeness (QED) is 0.771. The average Bonchev–Trinajstić information content (AvgIpc) is 2.24. The van der Waals surface area contributed by atoms with Crippen molar-refractivity contribution in [2.45, 2.75) is 41.0 Å². The van der Waals surface area contributed by atoms with Crippen LogP contribution in [0.1, 0.15) is 26.3 Å². The fourth-order valence-corrected chi connectivity index (χ4v) is 6.29. The Morgan fingerprint density at radius 3 is 1.72 bits per heavy atom. The maximum absolute atomic E-state index is 5.60. The molecule has 0 spiro atoms. The van der Waals surface area contributed by atoms with E-state index in [0.717, 1.165) is 11.5 Å². The van der Waals surface area contributed by atoms with Crippen molar-refractivity contribution in [3.63, 3.8) is 0 Å². The molecule has 0 aromatic heterocycles. The van der Waals surface area contributed by atoms with Gasteiger partial charge in [0.15, 0.2) is 0 Å². The third kappa shape index (κ3) is 3.34. The van der Waals surface area contributed by atoms with Crippen LogP contribution in [-0.4, -0.2) is 32.6 Å². The Morgan fingerprint density at radius 2 is 1.39 bits per heavy atom. The molecule has 1 rings (SSSR count). The number of rotatable bonds is 3. The number of hydrogen-bond donors (Lipinski definition) is 0. The van der Waals surface area contributed by atoms with Crippen molar-refractivity contribution in [3.05, 3.63) is 17.7 Å². The summed E-state index contributed by atoms with van der Waals surface area (Å²) < 4.78 is 12.6. The average molecular weight is 357 g/mol. The second kappa shape index (κ2) is 5.31. The molecular weight excluding hydrogens is 331 g/mol. The Labute approximate surface area is 116 Å². The zero-order valence-electron chi connectivity index (χ0n) is 13.0. The first-order valence-electron chi connectivity index (χ1n) is 6.38. The van der Waals surface area contributed by atoms with Gasteiger partial charge in [0, 0.05) is 0 Å². The van der Waals surface area contributed by atoms with Gasteiger partial charge in [-0.05, 0) is 0 Å². The second-order valence-corrected chi connectivity index (χ2v) is 21.1. The Kier molecular flexibility index (Phi) is 4.63. The predicted molar refractivity (Wildman–Crippen MR) is 81.2 cm³/mol. The van der Waals surface area contributed by atoms with Crippen LogP contribution >= 0.6 is 0 Å². The van der Waals surface area contributed by atoms with E-state index in [9.17, 15) is 0 Å². The summed E-state index contributed by atoms with van der Waals surface area (Å²) in [7, 11) is 3.51. The molecule has 102 valence electrons. The zero-order chi connectivity index (χ0) is 14.1. The van der Waals surface area contributed by atoms with Crippen molar-refractivity contribution in [3.8, 4) is 11.5 Å². The molecule has 1 aromatic carbocycles. The molecule has 0 atom stereocenters. The third-order valence-corrected chi connectivity index (χ3v) is 8.87. The monoisotopic (exact) mass is 358 g/mol. The minimum atomic E-state index is -2.19. The predicted octanol–water partition coefficient (Wildman–Crippen LogP) is 3.55. The van der Waals surface area contributed by atoms with E-state index in [1.165, 1.54) is 9.14 Å².